The molecule has 1 amide bonds. The standard InChI is InChI=1S/C36H26F2N2O6S/c37-25-13-8-21(9-14-25)18-23-4-3-6-29-33(23)39-40(34(29)22-10-15-26(38)16-11-22)32(41)20-46-36(43)24-12-17-28-31(19-24)47(44,45)30-7-2-1-5-27(30)35(28)42/h1-2,5,7-19,29,34H,3-4,6,20H2/b23-18+. The van der Waals surface area contributed by atoms with Crippen molar-refractivity contribution in [2.24, 2.45) is 11.0 Å². The van der Waals surface area contributed by atoms with Gasteiger partial charge in [-0.2, -0.15) is 5.10 Å². The molecule has 0 saturated heterocycles. The maximum atomic E-state index is 13.9. The van der Waals surface area contributed by atoms with Crippen molar-refractivity contribution < 1.29 is 36.3 Å². The predicted octanol–water partition coefficient (Wildman–Crippen LogP) is 6.32. The number of allylic oxidation sites excluding steroid dienone is 1. The number of ether oxygens (including phenoxy) is 1. The van der Waals surface area contributed by atoms with Crippen molar-refractivity contribution in [3.8, 4) is 0 Å². The van der Waals surface area contributed by atoms with E-state index >= 15 is 0 Å². The largest absolute Gasteiger partial charge is 0.452 e. The van der Waals surface area contributed by atoms with Gasteiger partial charge in [-0.1, -0.05) is 36.4 Å². The number of esters is 1. The van der Waals surface area contributed by atoms with Crippen LogP contribution < -0.4 is 0 Å². The monoisotopic (exact) mass is 652 g/mol. The highest BCUT2D eigenvalue weighted by molar-refractivity contribution is 7.91. The smallest absolute Gasteiger partial charge is 0.338 e. The zero-order valence-corrected chi connectivity index (χ0v) is 25.5. The number of nitrogens with zero attached hydrogens (tertiary/aromatic N) is 2. The summed E-state index contributed by atoms with van der Waals surface area (Å²) in [6, 6.07) is 20.7. The van der Waals surface area contributed by atoms with E-state index in [-0.39, 0.29) is 38.2 Å². The van der Waals surface area contributed by atoms with Crippen LogP contribution in [0, 0.1) is 17.6 Å². The highest BCUT2D eigenvalue weighted by Gasteiger charge is 2.44. The summed E-state index contributed by atoms with van der Waals surface area (Å²) < 4.78 is 59.3. The number of carbonyl (C=O) groups excluding carboxylic acids is 3. The maximum absolute atomic E-state index is 13.9. The molecule has 0 aromatic heterocycles. The molecular formula is C36H26F2N2O6S. The molecule has 1 saturated carbocycles. The number of halogens is 2. The Labute approximate surface area is 268 Å². The Morgan fingerprint density at radius 1 is 0.894 bits per heavy atom. The molecule has 3 aliphatic rings. The summed E-state index contributed by atoms with van der Waals surface area (Å²) in [5.74, 6) is -3.07. The molecule has 4 aromatic carbocycles. The van der Waals surface area contributed by atoms with E-state index in [0.29, 0.717) is 24.1 Å². The molecule has 236 valence electrons. The maximum Gasteiger partial charge on any atom is 0.338 e. The van der Waals surface area contributed by atoms with Gasteiger partial charge in [-0.3, -0.25) is 9.59 Å². The van der Waals surface area contributed by atoms with E-state index in [4.69, 9.17) is 9.84 Å². The fraction of sp³-hybridized carbons (Fsp3) is 0.167. The predicted molar refractivity (Wildman–Crippen MR) is 167 cm³/mol. The molecule has 0 spiro atoms. The van der Waals surface area contributed by atoms with Crippen molar-refractivity contribution in [3.63, 3.8) is 0 Å². The van der Waals surface area contributed by atoms with Gasteiger partial charge < -0.3 is 4.74 Å². The average molecular weight is 653 g/mol. The van der Waals surface area contributed by atoms with Gasteiger partial charge in [0.25, 0.3) is 5.91 Å². The number of amides is 1. The number of carbonyl (C=O) groups is 3. The number of sulfone groups is 1. The average Bonchev–Trinajstić information content (AvgIpc) is 3.48. The first-order valence-electron chi connectivity index (χ1n) is 14.9. The van der Waals surface area contributed by atoms with Crippen LogP contribution in [0.4, 0.5) is 8.78 Å². The summed E-state index contributed by atoms with van der Waals surface area (Å²) in [6.45, 7) is -0.706. The van der Waals surface area contributed by atoms with Crippen LogP contribution in [0.15, 0.2) is 111 Å². The third-order valence-corrected chi connectivity index (χ3v) is 10.5. The minimum atomic E-state index is -4.09. The Morgan fingerprint density at radius 2 is 1.57 bits per heavy atom. The topological polar surface area (TPSA) is 110 Å². The molecular weight excluding hydrogens is 626 g/mol. The van der Waals surface area contributed by atoms with E-state index < -0.39 is 46.0 Å². The lowest BCUT2D eigenvalue weighted by atomic mass is 9.77. The molecule has 0 radical (unpaired) electrons. The van der Waals surface area contributed by atoms with E-state index in [0.717, 1.165) is 23.6 Å². The van der Waals surface area contributed by atoms with Crippen molar-refractivity contribution in [3.05, 3.63) is 136 Å². The number of benzene rings is 4. The quantitative estimate of drug-likeness (QED) is 0.206. The summed E-state index contributed by atoms with van der Waals surface area (Å²) in [7, 11) is -4.09. The van der Waals surface area contributed by atoms with Gasteiger partial charge in [0.2, 0.25) is 9.84 Å². The Bertz CT molecular complexity index is 2130. The summed E-state index contributed by atoms with van der Waals surface area (Å²) in [5, 5.41) is 5.96. The van der Waals surface area contributed by atoms with Gasteiger partial charge in [-0.25, -0.2) is 27.0 Å². The highest BCUT2D eigenvalue weighted by Crippen LogP contribution is 2.44. The molecule has 2 aliphatic heterocycles. The number of hydrogen-bond donors (Lipinski definition) is 0. The number of hydrazone groups is 1. The Kier molecular flexibility index (Phi) is 7.63. The first kappa shape index (κ1) is 30.4. The normalized spacial score (nSPS) is 20.2. The lowest BCUT2D eigenvalue weighted by Gasteiger charge is -2.29. The number of fused-ring (bicyclic) bond motifs is 3. The van der Waals surface area contributed by atoms with E-state index in [1.165, 1.54) is 59.6 Å². The SMILES string of the molecule is O=C(OCC(=O)N1N=C2/C(=C/c3ccc(F)cc3)CCCC2C1c1ccc(F)cc1)c1ccc2c(c1)S(=O)(=O)c1ccccc1C2=O. The molecule has 8 nitrogen and oxygen atoms in total. The van der Waals surface area contributed by atoms with E-state index in [9.17, 15) is 31.6 Å². The van der Waals surface area contributed by atoms with E-state index in [2.05, 4.69) is 0 Å². The molecule has 2 heterocycles. The summed E-state index contributed by atoms with van der Waals surface area (Å²) >= 11 is 0. The molecule has 4 aromatic rings. The van der Waals surface area contributed by atoms with Crippen LogP contribution in [0.2, 0.25) is 0 Å². The summed E-state index contributed by atoms with van der Waals surface area (Å²) in [4.78, 5) is 39.3. The van der Waals surface area contributed by atoms with E-state index in [1.807, 2.05) is 6.08 Å². The molecule has 2 unspecified atom stereocenters. The van der Waals surface area contributed by atoms with Crippen molar-refractivity contribution in [2.75, 3.05) is 6.61 Å². The summed E-state index contributed by atoms with van der Waals surface area (Å²) in [5.41, 5.74) is 2.85. The number of ketones is 1. The van der Waals surface area contributed by atoms with Gasteiger partial charge >= 0.3 is 5.97 Å². The number of rotatable bonds is 5. The van der Waals surface area contributed by atoms with Gasteiger partial charge in [0.15, 0.2) is 12.4 Å². The van der Waals surface area contributed by atoms with Crippen LogP contribution in [0.1, 0.15) is 62.7 Å². The number of hydrogen-bond acceptors (Lipinski definition) is 7. The Balaban J connectivity index is 1.15. The lowest BCUT2D eigenvalue weighted by molar-refractivity contribution is -0.137. The molecule has 1 fully saturated rings. The van der Waals surface area contributed by atoms with Crippen LogP contribution in [-0.4, -0.2) is 43.4 Å². The van der Waals surface area contributed by atoms with Crippen molar-refractivity contribution >= 4 is 39.3 Å². The fourth-order valence-electron chi connectivity index (χ4n) is 6.45. The Hall–Kier alpha value is -5.29. The van der Waals surface area contributed by atoms with Crippen LogP contribution in [0.25, 0.3) is 6.08 Å². The van der Waals surface area contributed by atoms with E-state index in [1.54, 1.807) is 30.3 Å². The van der Waals surface area contributed by atoms with Crippen LogP contribution in [0.3, 0.4) is 0 Å². The second-order valence-corrected chi connectivity index (χ2v) is 13.4. The Morgan fingerprint density at radius 3 is 2.32 bits per heavy atom. The molecule has 0 N–H and O–H groups in total. The van der Waals surface area contributed by atoms with Crippen molar-refractivity contribution in [1.82, 2.24) is 5.01 Å². The fourth-order valence-corrected chi connectivity index (χ4v) is 8.13. The second-order valence-electron chi connectivity index (χ2n) is 11.6. The first-order valence-corrected chi connectivity index (χ1v) is 16.4. The van der Waals surface area contributed by atoms with Crippen LogP contribution in [0.5, 0.6) is 0 Å². The molecule has 2 atom stereocenters. The third kappa shape index (κ3) is 5.46. The van der Waals surface area contributed by atoms with Gasteiger partial charge in [0.05, 0.1) is 27.1 Å². The zero-order chi connectivity index (χ0) is 32.9. The zero-order valence-electron chi connectivity index (χ0n) is 24.7. The van der Waals surface area contributed by atoms with Gasteiger partial charge in [-0.15, -0.1) is 0 Å². The summed E-state index contributed by atoms with van der Waals surface area (Å²) in [6.07, 6.45) is 4.11. The van der Waals surface area contributed by atoms with Crippen molar-refractivity contribution in [1.29, 1.82) is 0 Å². The highest BCUT2D eigenvalue weighted by atomic mass is 32.2. The van der Waals surface area contributed by atoms with Gasteiger partial charge in [-0.05, 0) is 96.6 Å². The molecule has 1 aliphatic carbocycles. The second kappa shape index (κ2) is 11.8. The van der Waals surface area contributed by atoms with Gasteiger partial charge in [0, 0.05) is 17.0 Å². The van der Waals surface area contributed by atoms with Gasteiger partial charge in [0.1, 0.15) is 11.6 Å². The lowest BCUT2D eigenvalue weighted by Crippen LogP contribution is -2.34. The first-order chi connectivity index (χ1) is 22.6. The van der Waals surface area contributed by atoms with Crippen LogP contribution in [-0.2, 0) is 19.4 Å². The van der Waals surface area contributed by atoms with Crippen molar-refractivity contribution in [2.45, 2.75) is 35.1 Å². The minimum absolute atomic E-state index is 0.0556. The van der Waals surface area contributed by atoms with Crippen LogP contribution >= 0.6 is 0 Å². The minimum Gasteiger partial charge on any atom is -0.452 e. The molecule has 47 heavy (non-hydrogen) atoms. The third-order valence-electron chi connectivity index (χ3n) is 8.68. The molecule has 11 heteroatoms. The molecule has 7 rings (SSSR count). The molecule has 0 bridgehead atoms.